The van der Waals surface area contributed by atoms with Gasteiger partial charge in [-0.3, -0.25) is 14.6 Å². The highest BCUT2D eigenvalue weighted by atomic mass is 16.2. The number of likely N-dealkylation sites (N-methyl/N-ethyl adjacent to an activating group) is 1. The molecular weight excluding hydrogens is 292 g/mol. The Morgan fingerprint density at radius 3 is 2.61 bits per heavy atom. The van der Waals surface area contributed by atoms with Gasteiger partial charge in [-0.05, 0) is 18.7 Å². The van der Waals surface area contributed by atoms with E-state index >= 15 is 0 Å². The van der Waals surface area contributed by atoms with E-state index in [1.807, 2.05) is 24.3 Å². The lowest BCUT2D eigenvalue weighted by Gasteiger charge is -2.33. The molecule has 0 spiro atoms. The van der Waals surface area contributed by atoms with E-state index in [4.69, 9.17) is 0 Å². The van der Waals surface area contributed by atoms with Crippen molar-refractivity contribution in [1.82, 2.24) is 14.8 Å². The van der Waals surface area contributed by atoms with Crippen LogP contribution in [0.5, 0.6) is 0 Å². The third kappa shape index (κ3) is 3.32. The summed E-state index contributed by atoms with van der Waals surface area (Å²) in [6, 6.07) is 9.28. The predicted molar refractivity (Wildman–Crippen MR) is 89.1 cm³/mol. The molecule has 0 radical (unpaired) electrons. The summed E-state index contributed by atoms with van der Waals surface area (Å²) in [5.74, 6) is -1.08. The first-order valence-corrected chi connectivity index (χ1v) is 7.85. The van der Waals surface area contributed by atoms with Gasteiger partial charge in [0, 0.05) is 37.8 Å². The van der Waals surface area contributed by atoms with E-state index in [0.717, 1.165) is 25.0 Å². The molecule has 1 fully saturated rings. The van der Waals surface area contributed by atoms with Crippen molar-refractivity contribution in [3.63, 3.8) is 0 Å². The monoisotopic (exact) mass is 312 g/mol. The van der Waals surface area contributed by atoms with Crippen molar-refractivity contribution in [2.24, 2.45) is 0 Å². The lowest BCUT2D eigenvalue weighted by molar-refractivity contribution is -0.144. The molecule has 0 atom stereocenters. The summed E-state index contributed by atoms with van der Waals surface area (Å²) in [4.78, 5) is 32.7. The summed E-state index contributed by atoms with van der Waals surface area (Å²) in [5, 5.41) is 3.63. The van der Waals surface area contributed by atoms with Crippen LogP contribution >= 0.6 is 0 Å². The van der Waals surface area contributed by atoms with Crippen molar-refractivity contribution in [2.45, 2.75) is 6.92 Å². The molecule has 6 nitrogen and oxygen atoms in total. The van der Waals surface area contributed by atoms with Crippen molar-refractivity contribution in [2.75, 3.05) is 38.0 Å². The average molecular weight is 312 g/mol. The van der Waals surface area contributed by atoms with Gasteiger partial charge in [0.05, 0.1) is 11.2 Å². The van der Waals surface area contributed by atoms with E-state index in [-0.39, 0.29) is 0 Å². The van der Waals surface area contributed by atoms with Crippen LogP contribution in [0.3, 0.4) is 0 Å². The van der Waals surface area contributed by atoms with E-state index in [1.165, 1.54) is 0 Å². The number of nitrogens with one attached hydrogen (secondary N) is 1. The molecule has 0 unspecified atom stereocenters. The summed E-state index contributed by atoms with van der Waals surface area (Å²) in [7, 11) is 0. The summed E-state index contributed by atoms with van der Waals surface area (Å²) in [5.41, 5.74) is 1.25. The first-order chi connectivity index (χ1) is 11.2. The van der Waals surface area contributed by atoms with Crippen molar-refractivity contribution in [3.8, 4) is 0 Å². The molecule has 120 valence electrons. The molecule has 2 aromatic rings. The van der Waals surface area contributed by atoms with E-state index < -0.39 is 11.8 Å². The number of hydrogen-bond donors (Lipinski definition) is 1. The van der Waals surface area contributed by atoms with Gasteiger partial charge in [-0.25, -0.2) is 0 Å². The summed E-state index contributed by atoms with van der Waals surface area (Å²) in [6.07, 6.45) is 1.67. The third-order valence-corrected chi connectivity index (χ3v) is 4.18. The summed E-state index contributed by atoms with van der Waals surface area (Å²) < 4.78 is 0. The zero-order chi connectivity index (χ0) is 16.2. The Morgan fingerprint density at radius 1 is 1.13 bits per heavy atom. The zero-order valence-corrected chi connectivity index (χ0v) is 13.2. The van der Waals surface area contributed by atoms with Crippen LogP contribution < -0.4 is 5.32 Å². The Hall–Kier alpha value is -2.47. The third-order valence-electron chi connectivity index (χ3n) is 4.18. The van der Waals surface area contributed by atoms with Crippen LogP contribution in [0.2, 0.25) is 0 Å². The Labute approximate surface area is 135 Å². The number of benzene rings is 1. The molecule has 1 aliphatic rings. The fraction of sp³-hybridized carbons (Fsp3) is 0.353. The lowest BCUT2D eigenvalue weighted by atomic mass is 10.2. The zero-order valence-electron chi connectivity index (χ0n) is 13.2. The molecule has 1 aliphatic heterocycles. The van der Waals surface area contributed by atoms with E-state index in [9.17, 15) is 9.59 Å². The van der Waals surface area contributed by atoms with Crippen LogP contribution in [0, 0.1) is 0 Å². The highest BCUT2D eigenvalue weighted by molar-refractivity contribution is 6.40. The van der Waals surface area contributed by atoms with Gasteiger partial charge in [0.2, 0.25) is 0 Å². The number of rotatable bonds is 2. The Bertz CT molecular complexity index is 718. The standard InChI is InChI=1S/C17H20N4O2/c1-2-20-9-11-21(12-10-20)17(23)16(22)19-14-7-3-5-13-6-4-8-18-15(13)14/h3-8H,2,9-12H2,1H3,(H,19,22). The van der Waals surface area contributed by atoms with Crippen LogP contribution in [0.4, 0.5) is 5.69 Å². The SMILES string of the molecule is CCN1CCN(C(=O)C(=O)Nc2cccc3cccnc23)CC1. The van der Waals surface area contributed by atoms with Crippen molar-refractivity contribution in [1.29, 1.82) is 0 Å². The average Bonchev–Trinajstić information content (AvgIpc) is 2.61. The minimum absolute atomic E-state index is 0.478. The van der Waals surface area contributed by atoms with Gasteiger partial charge in [0.1, 0.15) is 0 Å². The van der Waals surface area contributed by atoms with Crippen LogP contribution in [0.1, 0.15) is 6.92 Å². The van der Waals surface area contributed by atoms with Gasteiger partial charge in [0.25, 0.3) is 0 Å². The Morgan fingerprint density at radius 2 is 1.87 bits per heavy atom. The molecule has 3 rings (SSSR count). The molecule has 0 saturated carbocycles. The molecule has 6 heteroatoms. The number of fused-ring (bicyclic) bond motifs is 1. The number of hydrogen-bond acceptors (Lipinski definition) is 4. The van der Waals surface area contributed by atoms with Gasteiger partial charge in [-0.2, -0.15) is 0 Å². The minimum Gasteiger partial charge on any atom is -0.332 e. The van der Waals surface area contributed by atoms with Gasteiger partial charge >= 0.3 is 11.8 Å². The van der Waals surface area contributed by atoms with Crippen molar-refractivity contribution < 1.29 is 9.59 Å². The lowest BCUT2D eigenvalue weighted by Crippen LogP contribution is -2.51. The summed E-state index contributed by atoms with van der Waals surface area (Å²) >= 11 is 0. The topological polar surface area (TPSA) is 65.5 Å². The molecular formula is C17H20N4O2. The number of nitrogens with zero attached hydrogens (tertiary/aromatic N) is 3. The molecule has 2 heterocycles. The van der Waals surface area contributed by atoms with Crippen molar-refractivity contribution >= 4 is 28.4 Å². The number of piperazine rings is 1. The van der Waals surface area contributed by atoms with E-state index in [1.54, 1.807) is 17.2 Å². The highest BCUT2D eigenvalue weighted by Gasteiger charge is 2.25. The maximum absolute atomic E-state index is 12.3. The minimum atomic E-state index is -0.604. The van der Waals surface area contributed by atoms with Gasteiger partial charge in [-0.1, -0.05) is 25.1 Å². The number of pyridine rings is 1. The number of anilines is 1. The van der Waals surface area contributed by atoms with Crippen LogP contribution in [0.25, 0.3) is 10.9 Å². The highest BCUT2D eigenvalue weighted by Crippen LogP contribution is 2.20. The molecule has 2 amide bonds. The maximum atomic E-state index is 12.3. The normalized spacial score (nSPS) is 15.6. The maximum Gasteiger partial charge on any atom is 0.313 e. The molecule has 23 heavy (non-hydrogen) atoms. The van der Waals surface area contributed by atoms with Gasteiger partial charge < -0.3 is 15.1 Å². The second-order valence-electron chi connectivity index (χ2n) is 5.56. The number of carbonyl (C=O) groups is 2. The van der Waals surface area contributed by atoms with E-state index in [0.29, 0.717) is 24.3 Å². The summed E-state index contributed by atoms with van der Waals surface area (Å²) in [6.45, 7) is 5.87. The second-order valence-corrected chi connectivity index (χ2v) is 5.56. The van der Waals surface area contributed by atoms with Crippen molar-refractivity contribution in [3.05, 3.63) is 36.5 Å². The van der Waals surface area contributed by atoms with Crippen LogP contribution in [-0.2, 0) is 9.59 Å². The quantitative estimate of drug-likeness (QED) is 0.850. The number of para-hydroxylation sites is 1. The van der Waals surface area contributed by atoms with Gasteiger partial charge in [-0.15, -0.1) is 0 Å². The van der Waals surface area contributed by atoms with Crippen LogP contribution in [-0.4, -0.2) is 59.3 Å². The molecule has 0 bridgehead atoms. The Kier molecular flexibility index (Phi) is 4.52. The molecule has 1 aromatic heterocycles. The molecule has 1 N–H and O–H groups in total. The molecule has 1 saturated heterocycles. The first-order valence-electron chi connectivity index (χ1n) is 7.85. The number of amides is 2. The number of aromatic nitrogens is 1. The second kappa shape index (κ2) is 6.75. The smallest absolute Gasteiger partial charge is 0.313 e. The fourth-order valence-corrected chi connectivity index (χ4v) is 2.79. The first kappa shape index (κ1) is 15.4. The van der Waals surface area contributed by atoms with Crippen LogP contribution in [0.15, 0.2) is 36.5 Å². The Balaban J connectivity index is 1.70. The van der Waals surface area contributed by atoms with Gasteiger partial charge in [0.15, 0.2) is 0 Å². The predicted octanol–water partition coefficient (Wildman–Crippen LogP) is 1.34. The molecule has 0 aliphatic carbocycles. The fourth-order valence-electron chi connectivity index (χ4n) is 2.79. The molecule has 1 aromatic carbocycles. The van der Waals surface area contributed by atoms with E-state index in [2.05, 4.69) is 22.1 Å². The largest absolute Gasteiger partial charge is 0.332 e. The number of carbonyl (C=O) groups excluding carboxylic acids is 2.